The molecule has 1 aliphatic heterocycles. The Hall–Kier alpha value is -3.36. The van der Waals surface area contributed by atoms with Crippen LogP contribution in [0.4, 0.5) is 4.79 Å². The number of hydrogen-bond acceptors (Lipinski definition) is 6. The molecule has 6 nitrogen and oxygen atoms in total. The zero-order valence-electron chi connectivity index (χ0n) is 17.1. The van der Waals surface area contributed by atoms with E-state index in [1.807, 2.05) is 31.2 Å². The van der Waals surface area contributed by atoms with E-state index in [0.717, 1.165) is 22.9 Å². The molecule has 0 unspecified atom stereocenters. The second kappa shape index (κ2) is 9.02. The topological polar surface area (TPSA) is 80.8 Å². The summed E-state index contributed by atoms with van der Waals surface area (Å²) in [5.41, 5.74) is 2.57. The molecular formula is C24H19NO5S2. The molecule has 0 spiro atoms. The van der Waals surface area contributed by atoms with Gasteiger partial charge in [-0.05, 0) is 65.7 Å². The van der Waals surface area contributed by atoms with Gasteiger partial charge in [0.05, 0.1) is 11.4 Å². The third-order valence-corrected chi connectivity index (χ3v) is 7.05. The zero-order chi connectivity index (χ0) is 22.7. The molecule has 0 aliphatic carbocycles. The van der Waals surface area contributed by atoms with E-state index < -0.39 is 10.1 Å². The molecule has 1 heterocycles. The number of amides is 2. The molecule has 0 aromatic heterocycles. The summed E-state index contributed by atoms with van der Waals surface area (Å²) in [5.74, 6) is -0.200. The van der Waals surface area contributed by atoms with Crippen LogP contribution in [0.3, 0.4) is 0 Å². The highest BCUT2D eigenvalue weighted by Gasteiger charge is 2.35. The average Bonchev–Trinajstić information content (AvgIpc) is 3.04. The summed E-state index contributed by atoms with van der Waals surface area (Å²) in [6, 6.07) is 21.7. The average molecular weight is 466 g/mol. The summed E-state index contributed by atoms with van der Waals surface area (Å²) in [6.45, 7) is 2.16. The van der Waals surface area contributed by atoms with Gasteiger partial charge >= 0.3 is 10.1 Å². The summed E-state index contributed by atoms with van der Waals surface area (Å²) in [4.78, 5) is 26.7. The van der Waals surface area contributed by atoms with E-state index in [1.54, 1.807) is 36.4 Å². The molecule has 0 atom stereocenters. The molecule has 0 saturated carbocycles. The number of benzene rings is 3. The molecule has 8 heteroatoms. The molecule has 3 aromatic rings. The fourth-order valence-electron chi connectivity index (χ4n) is 3.13. The van der Waals surface area contributed by atoms with Gasteiger partial charge in [0.25, 0.3) is 11.1 Å². The SMILES string of the molecule is Cc1ccccc1CN1C(=O)S/C(=C\c2ccc(OS(=O)(=O)c3ccccc3)cc2)C1=O. The maximum Gasteiger partial charge on any atom is 0.339 e. The van der Waals surface area contributed by atoms with Crippen molar-refractivity contribution in [2.45, 2.75) is 18.4 Å². The Morgan fingerprint density at radius 1 is 0.906 bits per heavy atom. The van der Waals surface area contributed by atoms with Crippen molar-refractivity contribution in [2.75, 3.05) is 0 Å². The van der Waals surface area contributed by atoms with Crippen LogP contribution in [-0.2, 0) is 21.5 Å². The summed E-state index contributed by atoms with van der Waals surface area (Å²) in [5, 5.41) is -0.321. The first-order valence-electron chi connectivity index (χ1n) is 9.73. The molecule has 1 saturated heterocycles. The minimum absolute atomic E-state index is 0.0615. The van der Waals surface area contributed by atoms with Gasteiger partial charge in [0.1, 0.15) is 10.6 Å². The van der Waals surface area contributed by atoms with Crippen LogP contribution >= 0.6 is 11.8 Å². The number of aryl methyl sites for hydroxylation is 1. The first-order chi connectivity index (χ1) is 15.3. The third kappa shape index (κ3) is 4.76. The molecule has 0 bridgehead atoms. The Labute approximate surface area is 190 Å². The van der Waals surface area contributed by atoms with Crippen LogP contribution in [0.15, 0.2) is 88.7 Å². The van der Waals surface area contributed by atoms with E-state index in [9.17, 15) is 18.0 Å². The molecule has 4 rings (SSSR count). The van der Waals surface area contributed by atoms with Crippen LogP contribution in [0.5, 0.6) is 5.75 Å². The van der Waals surface area contributed by atoms with Crippen LogP contribution in [-0.4, -0.2) is 24.5 Å². The Kier molecular flexibility index (Phi) is 6.16. The predicted molar refractivity (Wildman–Crippen MR) is 123 cm³/mol. The van der Waals surface area contributed by atoms with Crippen molar-refractivity contribution < 1.29 is 22.2 Å². The van der Waals surface area contributed by atoms with Gasteiger partial charge in [0.15, 0.2) is 0 Å². The minimum atomic E-state index is -3.93. The maximum atomic E-state index is 12.8. The maximum absolute atomic E-state index is 12.8. The van der Waals surface area contributed by atoms with Crippen LogP contribution < -0.4 is 4.18 Å². The Morgan fingerprint density at radius 2 is 1.56 bits per heavy atom. The number of hydrogen-bond donors (Lipinski definition) is 0. The molecule has 32 heavy (non-hydrogen) atoms. The number of nitrogens with zero attached hydrogens (tertiary/aromatic N) is 1. The Morgan fingerprint density at radius 3 is 2.25 bits per heavy atom. The van der Waals surface area contributed by atoms with Crippen molar-refractivity contribution in [3.8, 4) is 5.75 Å². The molecule has 2 amide bonds. The molecule has 1 aliphatic rings. The van der Waals surface area contributed by atoms with Crippen molar-refractivity contribution in [3.05, 3.63) is 100 Å². The molecule has 1 fully saturated rings. The van der Waals surface area contributed by atoms with Crippen molar-refractivity contribution in [1.82, 2.24) is 4.90 Å². The monoisotopic (exact) mass is 465 g/mol. The lowest BCUT2D eigenvalue weighted by molar-refractivity contribution is -0.123. The number of imide groups is 1. The molecular weight excluding hydrogens is 446 g/mol. The standard InChI is InChI=1S/C24H19NO5S2/c1-17-7-5-6-8-19(17)16-25-23(26)22(31-24(25)27)15-18-11-13-20(14-12-18)30-32(28,29)21-9-3-2-4-10-21/h2-15H,16H2,1H3/b22-15-. The fourth-order valence-corrected chi connectivity index (χ4v) is 4.92. The molecule has 3 aromatic carbocycles. The third-order valence-electron chi connectivity index (χ3n) is 4.88. The highest BCUT2D eigenvalue weighted by Crippen LogP contribution is 2.34. The van der Waals surface area contributed by atoms with Gasteiger partial charge < -0.3 is 4.18 Å². The molecule has 0 N–H and O–H groups in total. The first kappa shape index (κ1) is 21.9. The summed E-state index contributed by atoms with van der Waals surface area (Å²) >= 11 is 0.885. The van der Waals surface area contributed by atoms with Crippen LogP contribution in [0.2, 0.25) is 0 Å². The van der Waals surface area contributed by atoms with Gasteiger partial charge in [-0.3, -0.25) is 14.5 Å². The lowest BCUT2D eigenvalue weighted by Gasteiger charge is -2.14. The van der Waals surface area contributed by atoms with E-state index in [1.165, 1.54) is 29.2 Å². The second-order valence-corrected chi connectivity index (χ2v) is 9.65. The van der Waals surface area contributed by atoms with E-state index in [4.69, 9.17) is 4.18 Å². The highest BCUT2D eigenvalue weighted by molar-refractivity contribution is 8.18. The molecule has 162 valence electrons. The number of carbonyl (C=O) groups excluding carboxylic acids is 2. The van der Waals surface area contributed by atoms with Gasteiger partial charge in [0, 0.05) is 0 Å². The van der Waals surface area contributed by atoms with Crippen LogP contribution in [0.1, 0.15) is 16.7 Å². The van der Waals surface area contributed by atoms with E-state index in [0.29, 0.717) is 10.5 Å². The van der Waals surface area contributed by atoms with Crippen LogP contribution in [0.25, 0.3) is 6.08 Å². The van der Waals surface area contributed by atoms with Crippen molar-refractivity contribution >= 4 is 39.1 Å². The molecule has 0 radical (unpaired) electrons. The highest BCUT2D eigenvalue weighted by atomic mass is 32.2. The van der Waals surface area contributed by atoms with E-state index in [-0.39, 0.29) is 28.3 Å². The van der Waals surface area contributed by atoms with Gasteiger partial charge in [-0.1, -0.05) is 54.6 Å². The zero-order valence-corrected chi connectivity index (χ0v) is 18.7. The number of carbonyl (C=O) groups is 2. The lowest BCUT2D eigenvalue weighted by atomic mass is 10.1. The van der Waals surface area contributed by atoms with Crippen molar-refractivity contribution in [1.29, 1.82) is 0 Å². The smallest absolute Gasteiger partial charge is 0.339 e. The summed E-state index contributed by atoms with van der Waals surface area (Å²) in [6.07, 6.45) is 1.61. The Balaban J connectivity index is 1.48. The van der Waals surface area contributed by atoms with Crippen molar-refractivity contribution in [2.24, 2.45) is 0 Å². The summed E-state index contributed by atoms with van der Waals surface area (Å²) in [7, 11) is -3.93. The first-order valence-corrected chi connectivity index (χ1v) is 12.0. The minimum Gasteiger partial charge on any atom is -0.379 e. The second-order valence-electron chi connectivity index (χ2n) is 7.11. The van der Waals surface area contributed by atoms with E-state index >= 15 is 0 Å². The predicted octanol–water partition coefficient (Wildman–Crippen LogP) is 5.00. The Bertz CT molecular complexity index is 1300. The lowest BCUT2D eigenvalue weighted by Crippen LogP contribution is -2.27. The number of thioether (sulfide) groups is 1. The van der Waals surface area contributed by atoms with Crippen LogP contribution in [0, 0.1) is 6.92 Å². The van der Waals surface area contributed by atoms with Gasteiger partial charge in [-0.2, -0.15) is 8.42 Å². The van der Waals surface area contributed by atoms with Gasteiger partial charge in [0.2, 0.25) is 0 Å². The fraction of sp³-hybridized carbons (Fsp3) is 0.0833. The summed E-state index contributed by atoms with van der Waals surface area (Å²) < 4.78 is 29.8. The largest absolute Gasteiger partial charge is 0.379 e. The van der Waals surface area contributed by atoms with E-state index in [2.05, 4.69) is 0 Å². The van der Waals surface area contributed by atoms with Crippen molar-refractivity contribution in [3.63, 3.8) is 0 Å². The quantitative estimate of drug-likeness (QED) is 0.376. The van der Waals surface area contributed by atoms with Gasteiger partial charge in [-0.15, -0.1) is 0 Å². The number of rotatable bonds is 6. The van der Waals surface area contributed by atoms with Gasteiger partial charge in [-0.25, -0.2) is 0 Å². The normalized spacial score (nSPS) is 15.4.